The molecule has 1 N–H and O–H groups in total. The van der Waals surface area contributed by atoms with Gasteiger partial charge in [-0.15, -0.1) is 0 Å². The van der Waals surface area contributed by atoms with Gasteiger partial charge in [0.05, 0.1) is 19.1 Å². The Morgan fingerprint density at radius 3 is 2.64 bits per heavy atom. The van der Waals surface area contributed by atoms with E-state index >= 15 is 0 Å². The molecule has 25 heavy (non-hydrogen) atoms. The smallest absolute Gasteiger partial charge is 0.338 e. The number of Topliss-reactive ketones (excluding diaryl/α,β-unsaturated/α-hetero) is 1. The summed E-state index contributed by atoms with van der Waals surface area (Å²) < 4.78 is 10.3. The quantitative estimate of drug-likeness (QED) is 0.669. The molecule has 3 rings (SSSR count). The Morgan fingerprint density at radius 1 is 1.12 bits per heavy atom. The number of ether oxygens (including phenoxy) is 2. The summed E-state index contributed by atoms with van der Waals surface area (Å²) in [5.74, 6) is -0.435. The number of fused-ring (bicyclic) bond motifs is 1. The van der Waals surface area contributed by atoms with Crippen LogP contribution < -0.4 is 10.1 Å². The number of aryl methyl sites for hydroxylation is 1. The van der Waals surface area contributed by atoms with E-state index in [0.29, 0.717) is 22.6 Å². The fraction of sp³-hybridized carbons (Fsp3) is 0.211. The van der Waals surface area contributed by atoms with Gasteiger partial charge in [0.1, 0.15) is 5.75 Å². The summed E-state index contributed by atoms with van der Waals surface area (Å²) in [6.45, 7) is 1.50. The van der Waals surface area contributed by atoms with Crippen molar-refractivity contribution in [2.75, 3.05) is 19.0 Å². The molecule has 1 amide bonds. The van der Waals surface area contributed by atoms with Crippen molar-refractivity contribution >= 4 is 23.3 Å². The Hall–Kier alpha value is -3.15. The number of methoxy groups -OCH3 is 1. The average Bonchev–Trinajstić information content (AvgIpc) is 2.98. The number of benzene rings is 2. The lowest BCUT2D eigenvalue weighted by atomic mass is 10.1. The van der Waals surface area contributed by atoms with Crippen LogP contribution in [0.5, 0.6) is 5.75 Å². The second-order valence-corrected chi connectivity index (χ2v) is 5.78. The maximum atomic E-state index is 12.2. The van der Waals surface area contributed by atoms with Gasteiger partial charge in [0.2, 0.25) is 5.91 Å². The molecule has 0 saturated carbocycles. The zero-order valence-electron chi connectivity index (χ0n) is 13.9. The molecule has 2 aromatic rings. The Balaban J connectivity index is 1.65. The van der Waals surface area contributed by atoms with Crippen LogP contribution in [0.25, 0.3) is 0 Å². The number of hydrogen-bond donors (Lipinski definition) is 1. The molecule has 0 unspecified atom stereocenters. The first kappa shape index (κ1) is 16.7. The second kappa shape index (κ2) is 6.76. The first-order valence-electron chi connectivity index (χ1n) is 7.75. The summed E-state index contributed by atoms with van der Waals surface area (Å²) >= 11 is 0. The SMILES string of the molecule is COc1cc(C(=O)OCC(=O)c2ccc3c(c2)CC(=O)N3)ccc1C. The van der Waals surface area contributed by atoms with Crippen LogP contribution in [0.2, 0.25) is 0 Å². The van der Waals surface area contributed by atoms with Gasteiger partial charge in [-0.1, -0.05) is 6.07 Å². The number of anilines is 1. The maximum Gasteiger partial charge on any atom is 0.338 e. The Morgan fingerprint density at radius 2 is 1.88 bits per heavy atom. The van der Waals surface area contributed by atoms with E-state index in [9.17, 15) is 14.4 Å². The predicted molar refractivity (Wildman–Crippen MR) is 91.1 cm³/mol. The largest absolute Gasteiger partial charge is 0.496 e. The fourth-order valence-electron chi connectivity index (χ4n) is 2.65. The zero-order valence-corrected chi connectivity index (χ0v) is 13.9. The van der Waals surface area contributed by atoms with E-state index < -0.39 is 5.97 Å². The molecule has 2 aromatic carbocycles. The summed E-state index contributed by atoms with van der Waals surface area (Å²) in [6, 6.07) is 9.89. The molecule has 0 bridgehead atoms. The molecular weight excluding hydrogens is 322 g/mol. The maximum absolute atomic E-state index is 12.2. The van der Waals surface area contributed by atoms with Crippen molar-refractivity contribution in [2.24, 2.45) is 0 Å². The molecule has 1 aliphatic rings. The van der Waals surface area contributed by atoms with Crippen molar-refractivity contribution in [2.45, 2.75) is 13.3 Å². The van der Waals surface area contributed by atoms with Gasteiger partial charge in [0, 0.05) is 11.3 Å². The lowest BCUT2D eigenvalue weighted by Gasteiger charge is -2.08. The van der Waals surface area contributed by atoms with Gasteiger partial charge in [-0.2, -0.15) is 0 Å². The number of amides is 1. The van der Waals surface area contributed by atoms with Crippen LogP contribution in [-0.2, 0) is 16.0 Å². The van der Waals surface area contributed by atoms with Crippen molar-refractivity contribution in [3.63, 3.8) is 0 Å². The first-order chi connectivity index (χ1) is 12.0. The van der Waals surface area contributed by atoms with Crippen LogP contribution in [0.15, 0.2) is 36.4 Å². The van der Waals surface area contributed by atoms with E-state index in [2.05, 4.69) is 5.32 Å². The Bertz CT molecular complexity index is 872. The highest BCUT2D eigenvalue weighted by atomic mass is 16.5. The van der Waals surface area contributed by atoms with Crippen LogP contribution >= 0.6 is 0 Å². The van der Waals surface area contributed by atoms with Gasteiger partial charge in [-0.3, -0.25) is 9.59 Å². The molecule has 0 aliphatic carbocycles. The molecule has 0 spiro atoms. The molecule has 1 heterocycles. The lowest BCUT2D eigenvalue weighted by Crippen LogP contribution is -2.14. The van der Waals surface area contributed by atoms with Crippen LogP contribution in [0.3, 0.4) is 0 Å². The van der Waals surface area contributed by atoms with Crippen LogP contribution in [0, 0.1) is 6.92 Å². The molecule has 0 radical (unpaired) electrons. The molecule has 0 atom stereocenters. The highest BCUT2D eigenvalue weighted by Crippen LogP contribution is 2.24. The van der Waals surface area contributed by atoms with Crippen molar-refractivity contribution in [1.82, 2.24) is 0 Å². The van der Waals surface area contributed by atoms with Crippen LogP contribution in [0.1, 0.15) is 31.8 Å². The van der Waals surface area contributed by atoms with Crippen LogP contribution in [-0.4, -0.2) is 31.4 Å². The number of carbonyl (C=O) groups is 3. The van der Waals surface area contributed by atoms with Gasteiger partial charge in [-0.25, -0.2) is 4.79 Å². The number of ketones is 1. The molecule has 128 valence electrons. The molecular formula is C19H17NO5. The third-order valence-corrected chi connectivity index (χ3v) is 4.03. The minimum atomic E-state index is -0.593. The number of rotatable bonds is 5. The predicted octanol–water partition coefficient (Wildman–Crippen LogP) is 2.54. The monoisotopic (exact) mass is 339 g/mol. The highest BCUT2D eigenvalue weighted by molar-refractivity contribution is 6.03. The molecule has 6 heteroatoms. The number of esters is 1. The second-order valence-electron chi connectivity index (χ2n) is 5.78. The molecule has 1 aliphatic heterocycles. The van der Waals surface area contributed by atoms with Crippen molar-refractivity contribution in [1.29, 1.82) is 0 Å². The van der Waals surface area contributed by atoms with Gasteiger partial charge in [0.25, 0.3) is 0 Å². The number of carbonyl (C=O) groups excluding carboxylic acids is 3. The van der Waals surface area contributed by atoms with Crippen molar-refractivity contribution in [3.05, 3.63) is 58.7 Å². The summed E-state index contributed by atoms with van der Waals surface area (Å²) in [5.41, 5.74) is 3.11. The number of nitrogens with one attached hydrogen (secondary N) is 1. The van der Waals surface area contributed by atoms with E-state index in [4.69, 9.17) is 9.47 Å². The number of hydrogen-bond acceptors (Lipinski definition) is 5. The average molecular weight is 339 g/mol. The normalized spacial score (nSPS) is 12.3. The lowest BCUT2D eigenvalue weighted by molar-refractivity contribution is -0.115. The van der Waals surface area contributed by atoms with Crippen molar-refractivity contribution < 1.29 is 23.9 Å². The van der Waals surface area contributed by atoms with E-state index in [0.717, 1.165) is 11.1 Å². The molecule has 6 nitrogen and oxygen atoms in total. The molecule has 0 aromatic heterocycles. The summed E-state index contributed by atoms with van der Waals surface area (Å²) in [5, 5.41) is 2.70. The minimum Gasteiger partial charge on any atom is -0.496 e. The standard InChI is InChI=1S/C19H17NO5/c1-11-3-4-13(8-17(11)24-2)19(23)25-10-16(21)12-5-6-15-14(7-12)9-18(22)20-15/h3-8H,9-10H2,1-2H3,(H,20,22). The summed E-state index contributed by atoms with van der Waals surface area (Å²) in [4.78, 5) is 35.7. The summed E-state index contributed by atoms with van der Waals surface area (Å²) in [7, 11) is 1.52. The summed E-state index contributed by atoms with van der Waals surface area (Å²) in [6.07, 6.45) is 0.249. The van der Waals surface area contributed by atoms with Crippen molar-refractivity contribution in [3.8, 4) is 5.75 Å². The molecule has 0 fully saturated rings. The van der Waals surface area contributed by atoms with E-state index in [-0.39, 0.29) is 24.7 Å². The topological polar surface area (TPSA) is 81.7 Å². The Kier molecular flexibility index (Phi) is 4.52. The van der Waals surface area contributed by atoms with E-state index in [1.54, 1.807) is 36.4 Å². The van der Waals surface area contributed by atoms with Gasteiger partial charge in [0.15, 0.2) is 12.4 Å². The van der Waals surface area contributed by atoms with E-state index in [1.165, 1.54) is 7.11 Å². The first-order valence-corrected chi connectivity index (χ1v) is 7.75. The third kappa shape index (κ3) is 3.52. The third-order valence-electron chi connectivity index (χ3n) is 4.03. The fourth-order valence-corrected chi connectivity index (χ4v) is 2.65. The Labute approximate surface area is 144 Å². The van der Waals surface area contributed by atoms with Crippen LogP contribution in [0.4, 0.5) is 5.69 Å². The van der Waals surface area contributed by atoms with Gasteiger partial charge in [-0.05, 0) is 48.4 Å². The minimum absolute atomic E-state index is 0.0978. The van der Waals surface area contributed by atoms with Gasteiger partial charge >= 0.3 is 5.97 Å². The van der Waals surface area contributed by atoms with Gasteiger partial charge < -0.3 is 14.8 Å². The zero-order chi connectivity index (χ0) is 18.0. The highest BCUT2D eigenvalue weighted by Gasteiger charge is 2.20. The van der Waals surface area contributed by atoms with E-state index in [1.807, 2.05) is 6.92 Å². The molecule has 0 saturated heterocycles.